The van der Waals surface area contributed by atoms with E-state index in [1.54, 1.807) is 11.4 Å². The molecule has 0 spiro atoms. The maximum absolute atomic E-state index is 12.9. The third-order valence-corrected chi connectivity index (χ3v) is 6.77. The second kappa shape index (κ2) is 7.86. The summed E-state index contributed by atoms with van der Waals surface area (Å²) < 4.78 is 35.5. The fourth-order valence-electron chi connectivity index (χ4n) is 2.59. The van der Waals surface area contributed by atoms with Gasteiger partial charge in [-0.25, -0.2) is 18.4 Å². The molecule has 0 amide bonds. The number of hydrogen-bond acceptors (Lipinski definition) is 6. The number of sulfonamides is 1. The molecule has 0 aliphatic rings. The van der Waals surface area contributed by atoms with E-state index in [9.17, 15) is 8.42 Å². The predicted octanol–water partition coefficient (Wildman–Crippen LogP) is 4.83. The van der Waals surface area contributed by atoms with Crippen LogP contribution in [0.1, 0.15) is 5.56 Å². The number of ether oxygens (including phenoxy) is 1. The Labute approximate surface area is 174 Å². The number of nitrogens with zero attached hydrogens (tertiary/aromatic N) is 2. The fraction of sp³-hybridized carbons (Fsp3) is 0.0526. The molecule has 0 atom stereocenters. The Balaban J connectivity index is 1.63. The van der Waals surface area contributed by atoms with Gasteiger partial charge in [-0.15, -0.1) is 11.3 Å². The molecule has 6 nitrogen and oxygen atoms in total. The van der Waals surface area contributed by atoms with Gasteiger partial charge in [0, 0.05) is 15.5 Å². The van der Waals surface area contributed by atoms with Crippen molar-refractivity contribution in [2.24, 2.45) is 0 Å². The summed E-state index contributed by atoms with van der Waals surface area (Å²) in [5.74, 6) is 0.135. The van der Waals surface area contributed by atoms with E-state index < -0.39 is 10.0 Å². The normalized spacial score (nSPS) is 11.5. The molecule has 0 saturated heterocycles. The van der Waals surface area contributed by atoms with Crippen molar-refractivity contribution in [1.82, 2.24) is 9.97 Å². The van der Waals surface area contributed by atoms with Gasteiger partial charge in [0.1, 0.15) is 16.1 Å². The van der Waals surface area contributed by atoms with Crippen molar-refractivity contribution in [3.63, 3.8) is 0 Å². The van der Waals surface area contributed by atoms with Crippen LogP contribution in [0.15, 0.2) is 75.7 Å². The summed E-state index contributed by atoms with van der Waals surface area (Å²) >= 11 is 4.62. The summed E-state index contributed by atoms with van der Waals surface area (Å²) in [7, 11) is -3.85. The number of benzene rings is 2. The van der Waals surface area contributed by atoms with Gasteiger partial charge < -0.3 is 4.74 Å². The van der Waals surface area contributed by atoms with Crippen LogP contribution in [0.2, 0.25) is 0 Å². The Bertz CT molecular complexity index is 1230. The molecule has 4 rings (SSSR count). The monoisotopic (exact) mass is 475 g/mol. The third-order valence-electron chi connectivity index (χ3n) is 3.90. The van der Waals surface area contributed by atoms with Crippen LogP contribution in [0.5, 0.6) is 5.88 Å². The minimum absolute atomic E-state index is 0.0365. The van der Waals surface area contributed by atoms with E-state index in [2.05, 4.69) is 30.6 Å². The predicted molar refractivity (Wildman–Crippen MR) is 113 cm³/mol. The molecule has 2 aromatic carbocycles. The van der Waals surface area contributed by atoms with Crippen LogP contribution in [-0.4, -0.2) is 18.4 Å². The van der Waals surface area contributed by atoms with Crippen LogP contribution in [0, 0.1) is 0 Å². The molecule has 9 heteroatoms. The van der Waals surface area contributed by atoms with Gasteiger partial charge in [-0.3, -0.25) is 4.72 Å². The molecule has 2 heterocycles. The van der Waals surface area contributed by atoms with Crippen molar-refractivity contribution in [3.05, 3.63) is 76.3 Å². The summed E-state index contributed by atoms with van der Waals surface area (Å²) in [6.45, 7) is 0.238. The Hall–Kier alpha value is -2.49. The lowest BCUT2D eigenvalue weighted by Gasteiger charge is -2.12. The summed E-state index contributed by atoms with van der Waals surface area (Å²) in [5.41, 5.74) is 0.932. The molecule has 0 radical (unpaired) electrons. The van der Waals surface area contributed by atoms with Gasteiger partial charge in [0.05, 0.1) is 6.20 Å². The second-order valence-corrected chi connectivity index (χ2v) is 9.20. The highest BCUT2D eigenvalue weighted by atomic mass is 79.9. The zero-order chi connectivity index (χ0) is 19.6. The Morgan fingerprint density at radius 3 is 2.64 bits per heavy atom. The van der Waals surface area contributed by atoms with Crippen molar-refractivity contribution >= 4 is 53.2 Å². The zero-order valence-corrected chi connectivity index (χ0v) is 17.6. The lowest BCUT2D eigenvalue weighted by Crippen LogP contribution is -2.15. The molecular weight excluding hydrogens is 462 g/mol. The van der Waals surface area contributed by atoms with Crippen molar-refractivity contribution < 1.29 is 13.2 Å². The largest absolute Gasteiger partial charge is 0.470 e. The Kier molecular flexibility index (Phi) is 5.29. The molecular formula is C19H14BrN3O3S2. The van der Waals surface area contributed by atoms with Crippen LogP contribution in [-0.2, 0) is 16.6 Å². The molecule has 1 N–H and O–H groups in total. The Morgan fingerprint density at radius 2 is 1.82 bits per heavy atom. The van der Waals surface area contributed by atoms with Gasteiger partial charge in [-0.05, 0) is 27.6 Å². The number of nitrogens with one attached hydrogen (secondary N) is 1. The van der Waals surface area contributed by atoms with E-state index in [-0.39, 0.29) is 23.2 Å². The lowest BCUT2D eigenvalue weighted by molar-refractivity contribution is 0.294. The molecule has 0 fully saturated rings. The lowest BCUT2D eigenvalue weighted by atomic mass is 10.2. The second-order valence-electron chi connectivity index (χ2n) is 5.82. The van der Waals surface area contributed by atoms with E-state index in [0.29, 0.717) is 9.99 Å². The summed E-state index contributed by atoms with van der Waals surface area (Å²) in [6, 6.07) is 16.9. The van der Waals surface area contributed by atoms with Gasteiger partial charge >= 0.3 is 0 Å². The van der Waals surface area contributed by atoms with Crippen LogP contribution in [0.25, 0.3) is 10.1 Å². The van der Waals surface area contributed by atoms with E-state index in [1.807, 2.05) is 48.5 Å². The number of fused-ring (bicyclic) bond motifs is 1. The summed E-state index contributed by atoms with van der Waals surface area (Å²) in [6.07, 6.45) is 1.42. The van der Waals surface area contributed by atoms with Crippen LogP contribution >= 0.6 is 27.3 Å². The van der Waals surface area contributed by atoms with Crippen molar-refractivity contribution in [2.75, 3.05) is 4.72 Å². The number of aromatic nitrogens is 2. The molecule has 0 bridgehead atoms. The van der Waals surface area contributed by atoms with E-state index >= 15 is 0 Å². The van der Waals surface area contributed by atoms with Gasteiger partial charge in [-0.2, -0.15) is 0 Å². The highest BCUT2D eigenvalue weighted by Gasteiger charge is 2.22. The van der Waals surface area contributed by atoms with Crippen molar-refractivity contribution in [2.45, 2.75) is 11.5 Å². The first-order valence-electron chi connectivity index (χ1n) is 8.21. The first-order valence-corrected chi connectivity index (χ1v) is 11.4. The molecule has 142 valence electrons. The number of thiophene rings is 1. The Morgan fingerprint density at radius 1 is 1.07 bits per heavy atom. The summed E-state index contributed by atoms with van der Waals surface area (Å²) in [4.78, 5) is 8.57. The molecule has 0 aliphatic carbocycles. The SMILES string of the molecule is O=S(=O)(Nc1ncc(Br)nc1OCc1ccccc1)c1csc2ccccc12. The highest BCUT2D eigenvalue weighted by Crippen LogP contribution is 2.32. The first-order chi connectivity index (χ1) is 13.5. The molecule has 0 unspecified atom stereocenters. The topological polar surface area (TPSA) is 81.2 Å². The summed E-state index contributed by atoms with van der Waals surface area (Å²) in [5, 5.41) is 2.28. The molecule has 2 aromatic heterocycles. The van der Waals surface area contributed by atoms with Gasteiger partial charge in [0.25, 0.3) is 15.9 Å². The van der Waals surface area contributed by atoms with Gasteiger partial charge in [0.15, 0.2) is 0 Å². The van der Waals surface area contributed by atoms with Gasteiger partial charge in [-0.1, -0.05) is 48.5 Å². The van der Waals surface area contributed by atoms with Crippen LogP contribution < -0.4 is 9.46 Å². The highest BCUT2D eigenvalue weighted by molar-refractivity contribution is 9.10. The molecule has 0 saturated carbocycles. The zero-order valence-electron chi connectivity index (χ0n) is 14.4. The minimum atomic E-state index is -3.85. The number of halogens is 1. The average Bonchev–Trinajstić information content (AvgIpc) is 3.14. The first kappa shape index (κ1) is 18.9. The van der Waals surface area contributed by atoms with E-state index in [4.69, 9.17) is 4.74 Å². The van der Waals surface area contributed by atoms with E-state index in [0.717, 1.165) is 10.3 Å². The third kappa shape index (κ3) is 4.01. The average molecular weight is 476 g/mol. The van der Waals surface area contributed by atoms with Crippen LogP contribution in [0.4, 0.5) is 5.82 Å². The standard InChI is InChI=1S/C19H14BrN3O3S2/c20-17-10-21-18(19(22-17)26-11-13-6-2-1-3-7-13)23-28(24,25)16-12-27-15-9-5-4-8-14(15)16/h1-10,12H,11H2,(H,21,23). The minimum Gasteiger partial charge on any atom is -0.470 e. The van der Waals surface area contributed by atoms with Crippen molar-refractivity contribution in [1.29, 1.82) is 0 Å². The molecule has 0 aliphatic heterocycles. The number of hydrogen-bond donors (Lipinski definition) is 1. The quantitative estimate of drug-likeness (QED) is 0.431. The van der Waals surface area contributed by atoms with Gasteiger partial charge in [0.2, 0.25) is 5.82 Å². The van der Waals surface area contributed by atoms with E-state index in [1.165, 1.54) is 17.5 Å². The van der Waals surface area contributed by atoms with Crippen molar-refractivity contribution in [3.8, 4) is 5.88 Å². The maximum Gasteiger partial charge on any atom is 0.264 e. The number of rotatable bonds is 6. The molecule has 28 heavy (non-hydrogen) atoms. The smallest absolute Gasteiger partial charge is 0.264 e. The maximum atomic E-state index is 12.9. The molecule has 4 aromatic rings. The number of anilines is 1. The van der Waals surface area contributed by atoms with Crippen LogP contribution in [0.3, 0.4) is 0 Å². The fourth-order valence-corrected chi connectivity index (χ4v) is 5.37.